The summed E-state index contributed by atoms with van der Waals surface area (Å²) in [6, 6.07) is 14.9. The lowest BCUT2D eigenvalue weighted by atomic mass is 10.1. The first-order valence-electron chi connectivity index (χ1n) is 8.31. The predicted molar refractivity (Wildman–Crippen MR) is 103 cm³/mol. The topological polar surface area (TPSA) is 68.5 Å². The van der Waals surface area contributed by atoms with Crippen molar-refractivity contribution in [2.24, 2.45) is 0 Å². The average Bonchev–Trinajstić information content (AvgIpc) is 2.94. The molecule has 0 amide bonds. The summed E-state index contributed by atoms with van der Waals surface area (Å²) in [5, 5.41) is 10.1. The van der Waals surface area contributed by atoms with Crippen LogP contribution in [0.1, 0.15) is 32.1 Å². The third-order valence-corrected chi connectivity index (χ3v) is 4.48. The summed E-state index contributed by atoms with van der Waals surface area (Å²) in [4.78, 5) is 24.6. The summed E-state index contributed by atoms with van der Waals surface area (Å²) < 4.78 is 7.04. The number of carbonyl (C=O) groups is 2. The number of ketones is 1. The smallest absolute Gasteiger partial charge is 0.338 e. The predicted octanol–water partition coefficient (Wildman–Crippen LogP) is 4.49. The number of phenolic OH excluding ortho intramolecular Hbond substituents is 1. The van der Waals surface area contributed by atoms with Gasteiger partial charge < -0.3 is 14.4 Å². The molecular weight excluding hydrogens is 366 g/mol. The molecule has 0 fully saturated rings. The molecule has 0 bridgehead atoms. The molecule has 6 heteroatoms. The first-order valence-corrected chi connectivity index (χ1v) is 8.69. The van der Waals surface area contributed by atoms with Crippen molar-refractivity contribution >= 4 is 23.4 Å². The molecule has 0 spiro atoms. The summed E-state index contributed by atoms with van der Waals surface area (Å²) in [6.07, 6.45) is 0. The highest BCUT2D eigenvalue weighted by Crippen LogP contribution is 2.23. The highest BCUT2D eigenvalue weighted by molar-refractivity contribution is 6.30. The monoisotopic (exact) mass is 383 g/mol. The van der Waals surface area contributed by atoms with Crippen molar-refractivity contribution in [3.63, 3.8) is 0 Å². The number of hydrogen-bond donors (Lipinski definition) is 1. The molecule has 1 heterocycles. The molecule has 1 aromatic heterocycles. The maximum Gasteiger partial charge on any atom is 0.338 e. The number of esters is 1. The number of Topliss-reactive ketones (excluding diaryl/α,β-unsaturated/α-hetero) is 1. The van der Waals surface area contributed by atoms with E-state index in [1.165, 1.54) is 24.3 Å². The zero-order valence-corrected chi connectivity index (χ0v) is 15.7. The molecule has 0 saturated heterocycles. The molecule has 3 aromatic rings. The van der Waals surface area contributed by atoms with E-state index < -0.39 is 5.97 Å². The molecule has 2 aromatic carbocycles. The molecular formula is C21H18ClNO4. The second kappa shape index (κ2) is 7.68. The normalized spacial score (nSPS) is 10.6. The van der Waals surface area contributed by atoms with E-state index in [9.17, 15) is 14.7 Å². The largest absolute Gasteiger partial charge is 0.508 e. The molecule has 0 atom stereocenters. The highest BCUT2D eigenvalue weighted by Gasteiger charge is 2.18. The standard InChI is InChI=1S/C21H18ClNO4/c1-13-10-19(14(2)23(13)17-8-6-16(22)7-9-17)20(25)12-27-21(26)15-4-3-5-18(24)11-15/h3-11,24H,12H2,1-2H3. The Balaban J connectivity index is 1.76. The van der Waals surface area contributed by atoms with E-state index in [1.807, 2.05) is 30.5 Å². The van der Waals surface area contributed by atoms with Crippen LogP contribution in [0.3, 0.4) is 0 Å². The van der Waals surface area contributed by atoms with Crippen molar-refractivity contribution in [2.75, 3.05) is 6.61 Å². The average molecular weight is 384 g/mol. The maximum atomic E-state index is 12.6. The van der Waals surface area contributed by atoms with E-state index in [0.29, 0.717) is 10.6 Å². The van der Waals surface area contributed by atoms with Crippen molar-refractivity contribution in [1.82, 2.24) is 4.57 Å². The molecule has 3 rings (SSSR count). The van der Waals surface area contributed by atoms with E-state index in [4.69, 9.17) is 16.3 Å². The molecule has 0 aliphatic rings. The zero-order chi connectivity index (χ0) is 19.6. The quantitative estimate of drug-likeness (QED) is 0.520. The van der Waals surface area contributed by atoms with Crippen LogP contribution in [0, 0.1) is 13.8 Å². The fourth-order valence-corrected chi connectivity index (χ4v) is 3.08. The molecule has 0 saturated carbocycles. The van der Waals surface area contributed by atoms with E-state index in [-0.39, 0.29) is 23.7 Å². The Morgan fingerprint density at radius 1 is 1.07 bits per heavy atom. The number of phenols is 1. The van der Waals surface area contributed by atoms with E-state index in [2.05, 4.69) is 0 Å². The molecule has 0 aliphatic heterocycles. The van der Waals surface area contributed by atoms with Crippen LogP contribution in [0.25, 0.3) is 5.69 Å². The SMILES string of the molecule is Cc1cc(C(=O)COC(=O)c2cccc(O)c2)c(C)n1-c1ccc(Cl)cc1. The van der Waals surface area contributed by atoms with Crippen LogP contribution in [0.15, 0.2) is 54.6 Å². The van der Waals surface area contributed by atoms with Crippen molar-refractivity contribution < 1.29 is 19.4 Å². The molecule has 0 aliphatic carbocycles. The Morgan fingerprint density at radius 3 is 2.44 bits per heavy atom. The van der Waals surface area contributed by atoms with Gasteiger partial charge in [-0.15, -0.1) is 0 Å². The second-order valence-corrected chi connectivity index (χ2v) is 6.58. The Bertz CT molecular complexity index is 1010. The van der Waals surface area contributed by atoms with Gasteiger partial charge in [0, 0.05) is 27.7 Å². The van der Waals surface area contributed by atoms with Gasteiger partial charge in [-0.3, -0.25) is 4.79 Å². The van der Waals surface area contributed by atoms with Gasteiger partial charge in [-0.25, -0.2) is 4.79 Å². The van der Waals surface area contributed by atoms with Gasteiger partial charge in [0.1, 0.15) is 5.75 Å². The Morgan fingerprint density at radius 2 is 1.78 bits per heavy atom. The number of rotatable bonds is 5. The van der Waals surface area contributed by atoms with E-state index in [0.717, 1.165) is 17.1 Å². The first kappa shape index (κ1) is 18.7. The number of aromatic nitrogens is 1. The first-order chi connectivity index (χ1) is 12.9. The van der Waals surface area contributed by atoms with E-state index >= 15 is 0 Å². The fraction of sp³-hybridized carbons (Fsp3) is 0.143. The third kappa shape index (κ3) is 4.04. The van der Waals surface area contributed by atoms with Crippen molar-refractivity contribution in [1.29, 1.82) is 0 Å². The van der Waals surface area contributed by atoms with E-state index in [1.54, 1.807) is 18.2 Å². The minimum Gasteiger partial charge on any atom is -0.508 e. The van der Waals surface area contributed by atoms with Crippen LogP contribution >= 0.6 is 11.6 Å². The van der Waals surface area contributed by atoms with Crippen LogP contribution in [-0.4, -0.2) is 28.0 Å². The van der Waals surface area contributed by atoms with Gasteiger partial charge in [-0.2, -0.15) is 0 Å². The molecule has 1 N–H and O–H groups in total. The molecule has 138 valence electrons. The van der Waals surface area contributed by atoms with Gasteiger partial charge in [0.15, 0.2) is 6.61 Å². The molecule has 5 nitrogen and oxygen atoms in total. The molecule has 0 unspecified atom stereocenters. The van der Waals surface area contributed by atoms with Crippen LogP contribution in [-0.2, 0) is 4.74 Å². The number of halogens is 1. The van der Waals surface area contributed by atoms with Gasteiger partial charge in [0.2, 0.25) is 5.78 Å². The zero-order valence-electron chi connectivity index (χ0n) is 14.9. The van der Waals surface area contributed by atoms with Crippen LogP contribution in [0.4, 0.5) is 0 Å². The van der Waals surface area contributed by atoms with Crippen molar-refractivity contribution in [3.8, 4) is 11.4 Å². The highest BCUT2D eigenvalue weighted by atomic mass is 35.5. The maximum absolute atomic E-state index is 12.6. The van der Waals surface area contributed by atoms with Crippen LogP contribution < -0.4 is 0 Å². The van der Waals surface area contributed by atoms with Gasteiger partial charge >= 0.3 is 5.97 Å². The van der Waals surface area contributed by atoms with Crippen molar-refractivity contribution in [2.45, 2.75) is 13.8 Å². The summed E-state index contributed by atoms with van der Waals surface area (Å²) in [7, 11) is 0. The number of carbonyl (C=O) groups excluding carboxylic acids is 2. The summed E-state index contributed by atoms with van der Waals surface area (Å²) in [5.41, 5.74) is 3.22. The Hall–Kier alpha value is -3.05. The van der Waals surface area contributed by atoms with Gasteiger partial charge in [-0.05, 0) is 62.4 Å². The van der Waals surface area contributed by atoms with Crippen LogP contribution in [0.2, 0.25) is 5.02 Å². The van der Waals surface area contributed by atoms with Gasteiger partial charge in [0.05, 0.1) is 5.56 Å². The minimum absolute atomic E-state index is 0.0395. The molecule has 0 radical (unpaired) electrons. The summed E-state index contributed by atoms with van der Waals surface area (Å²) >= 11 is 5.94. The summed E-state index contributed by atoms with van der Waals surface area (Å²) in [5.74, 6) is -0.995. The number of aromatic hydroxyl groups is 1. The lowest BCUT2D eigenvalue weighted by molar-refractivity contribution is 0.0474. The van der Waals surface area contributed by atoms with Gasteiger partial charge in [0.25, 0.3) is 0 Å². The van der Waals surface area contributed by atoms with Crippen molar-refractivity contribution in [3.05, 3.63) is 82.1 Å². The Kier molecular flexibility index (Phi) is 5.33. The number of aryl methyl sites for hydroxylation is 1. The number of ether oxygens (including phenoxy) is 1. The second-order valence-electron chi connectivity index (χ2n) is 6.15. The molecule has 27 heavy (non-hydrogen) atoms. The third-order valence-electron chi connectivity index (χ3n) is 4.23. The van der Waals surface area contributed by atoms with Gasteiger partial charge in [-0.1, -0.05) is 17.7 Å². The van der Waals surface area contributed by atoms with Crippen LogP contribution in [0.5, 0.6) is 5.75 Å². The number of hydrogen-bond acceptors (Lipinski definition) is 4. The minimum atomic E-state index is -0.661. The Labute approximate surface area is 161 Å². The lowest BCUT2D eigenvalue weighted by Gasteiger charge is -2.10. The summed E-state index contributed by atoms with van der Waals surface area (Å²) in [6.45, 7) is 3.36. The number of benzene rings is 2. The number of nitrogens with zero attached hydrogens (tertiary/aromatic N) is 1. The lowest BCUT2D eigenvalue weighted by Crippen LogP contribution is -2.15. The fourth-order valence-electron chi connectivity index (χ4n) is 2.96.